The molecule has 1 heterocycles. The molecule has 1 aliphatic rings. The zero-order valence-electron chi connectivity index (χ0n) is 10.8. The van der Waals surface area contributed by atoms with Crippen LogP contribution < -0.4 is 5.32 Å². The van der Waals surface area contributed by atoms with Crippen molar-refractivity contribution in [2.24, 2.45) is 5.92 Å². The number of halogens is 2. The van der Waals surface area contributed by atoms with Crippen molar-refractivity contribution >= 4 is 15.9 Å². The third kappa shape index (κ3) is 3.77. The van der Waals surface area contributed by atoms with Gasteiger partial charge in [0.25, 0.3) is 0 Å². The van der Waals surface area contributed by atoms with E-state index >= 15 is 0 Å². The highest BCUT2D eigenvalue weighted by Crippen LogP contribution is 2.23. The monoisotopic (exact) mass is 314 g/mol. The Hall–Kier alpha value is -0.450. The number of benzene rings is 1. The van der Waals surface area contributed by atoms with Crippen molar-refractivity contribution in [3.05, 3.63) is 34.1 Å². The molecule has 0 aromatic heterocycles. The summed E-state index contributed by atoms with van der Waals surface area (Å²) in [5.41, 5.74) is 1.04. The van der Waals surface area contributed by atoms with Gasteiger partial charge in [0.05, 0.1) is 0 Å². The lowest BCUT2D eigenvalue weighted by molar-refractivity contribution is 0.176. The van der Waals surface area contributed by atoms with Gasteiger partial charge in [-0.25, -0.2) is 4.39 Å². The lowest BCUT2D eigenvalue weighted by Gasteiger charge is -2.32. The van der Waals surface area contributed by atoms with Gasteiger partial charge in [-0.15, -0.1) is 0 Å². The number of hydrogen-bond donors (Lipinski definition) is 1. The quantitative estimate of drug-likeness (QED) is 0.919. The van der Waals surface area contributed by atoms with E-state index in [9.17, 15) is 4.39 Å². The molecule has 0 aliphatic carbocycles. The van der Waals surface area contributed by atoms with Crippen LogP contribution in [0.25, 0.3) is 0 Å². The van der Waals surface area contributed by atoms with E-state index in [0.717, 1.165) is 42.1 Å². The Labute approximate surface area is 117 Å². The van der Waals surface area contributed by atoms with Gasteiger partial charge in [0.15, 0.2) is 0 Å². The second kappa shape index (κ2) is 6.64. The van der Waals surface area contributed by atoms with Crippen molar-refractivity contribution in [1.29, 1.82) is 0 Å². The second-order valence-corrected chi connectivity index (χ2v) is 5.87. The average molecular weight is 315 g/mol. The van der Waals surface area contributed by atoms with Gasteiger partial charge in [0.1, 0.15) is 5.82 Å². The summed E-state index contributed by atoms with van der Waals surface area (Å²) in [6.45, 7) is 4.16. The highest BCUT2D eigenvalue weighted by Gasteiger charge is 2.19. The summed E-state index contributed by atoms with van der Waals surface area (Å²) in [6.07, 6.45) is 2.46. The number of nitrogens with zero attached hydrogens (tertiary/aromatic N) is 1. The molecule has 1 aliphatic heterocycles. The fraction of sp³-hybridized carbons (Fsp3) is 0.571. The molecule has 1 N–H and O–H groups in total. The Morgan fingerprint density at radius 1 is 1.39 bits per heavy atom. The van der Waals surface area contributed by atoms with Gasteiger partial charge in [0, 0.05) is 11.0 Å². The highest BCUT2D eigenvalue weighted by molar-refractivity contribution is 9.10. The van der Waals surface area contributed by atoms with Crippen LogP contribution in [0.3, 0.4) is 0 Å². The minimum absolute atomic E-state index is 0.154. The first-order valence-corrected chi connectivity index (χ1v) is 7.29. The fourth-order valence-corrected chi connectivity index (χ4v) is 2.91. The minimum Gasteiger partial charge on any atom is -0.319 e. The largest absolute Gasteiger partial charge is 0.319 e. The fourth-order valence-electron chi connectivity index (χ4n) is 2.54. The topological polar surface area (TPSA) is 15.3 Å². The van der Waals surface area contributed by atoms with Gasteiger partial charge in [0.2, 0.25) is 0 Å². The molecule has 4 heteroatoms. The number of hydrogen-bond acceptors (Lipinski definition) is 2. The van der Waals surface area contributed by atoms with E-state index in [4.69, 9.17) is 0 Å². The summed E-state index contributed by atoms with van der Waals surface area (Å²) < 4.78 is 14.2. The van der Waals surface area contributed by atoms with Gasteiger partial charge in [-0.05, 0) is 69.2 Å². The molecule has 1 fully saturated rings. The van der Waals surface area contributed by atoms with Crippen LogP contribution in [-0.4, -0.2) is 31.6 Å². The molecule has 0 saturated carbocycles. The van der Waals surface area contributed by atoms with Crippen molar-refractivity contribution in [2.45, 2.75) is 19.4 Å². The number of piperidine rings is 1. The Balaban J connectivity index is 1.89. The predicted molar refractivity (Wildman–Crippen MR) is 76.0 cm³/mol. The van der Waals surface area contributed by atoms with Crippen LogP contribution in [0.15, 0.2) is 22.7 Å². The molecule has 0 radical (unpaired) electrons. The molecular weight excluding hydrogens is 295 g/mol. The second-order valence-electron chi connectivity index (χ2n) is 5.01. The van der Waals surface area contributed by atoms with E-state index in [1.165, 1.54) is 18.9 Å². The maximum atomic E-state index is 13.2. The van der Waals surface area contributed by atoms with E-state index in [0.29, 0.717) is 0 Å². The average Bonchev–Trinajstić information content (AvgIpc) is 2.37. The van der Waals surface area contributed by atoms with E-state index in [-0.39, 0.29) is 5.82 Å². The number of rotatable bonds is 4. The molecule has 1 saturated heterocycles. The van der Waals surface area contributed by atoms with Crippen LogP contribution in [0.2, 0.25) is 0 Å². The molecule has 18 heavy (non-hydrogen) atoms. The molecule has 1 aromatic rings. The molecule has 0 atom stereocenters. The maximum Gasteiger partial charge on any atom is 0.123 e. The van der Waals surface area contributed by atoms with Crippen LogP contribution in [0.1, 0.15) is 18.4 Å². The van der Waals surface area contributed by atoms with Crippen molar-refractivity contribution < 1.29 is 4.39 Å². The van der Waals surface area contributed by atoms with E-state index in [1.54, 1.807) is 12.1 Å². The first-order chi connectivity index (χ1) is 8.69. The van der Waals surface area contributed by atoms with E-state index in [2.05, 4.69) is 26.1 Å². The van der Waals surface area contributed by atoms with Crippen LogP contribution >= 0.6 is 15.9 Å². The Morgan fingerprint density at radius 3 is 2.78 bits per heavy atom. The molecule has 0 bridgehead atoms. The van der Waals surface area contributed by atoms with Crippen LogP contribution in [-0.2, 0) is 6.54 Å². The third-order valence-electron chi connectivity index (χ3n) is 3.60. The normalized spacial score (nSPS) is 18.2. The smallest absolute Gasteiger partial charge is 0.123 e. The molecule has 2 nitrogen and oxygen atoms in total. The van der Waals surface area contributed by atoms with Crippen molar-refractivity contribution in [3.8, 4) is 0 Å². The summed E-state index contributed by atoms with van der Waals surface area (Å²) in [7, 11) is 2.01. The molecule has 100 valence electrons. The van der Waals surface area contributed by atoms with Gasteiger partial charge in [-0.2, -0.15) is 0 Å². The molecule has 2 rings (SSSR count). The van der Waals surface area contributed by atoms with Gasteiger partial charge in [-0.1, -0.05) is 15.9 Å². The Morgan fingerprint density at radius 2 is 2.11 bits per heavy atom. The third-order valence-corrected chi connectivity index (χ3v) is 4.38. The van der Waals surface area contributed by atoms with Crippen molar-refractivity contribution in [1.82, 2.24) is 10.2 Å². The zero-order chi connectivity index (χ0) is 13.0. The zero-order valence-corrected chi connectivity index (χ0v) is 12.3. The summed E-state index contributed by atoms with van der Waals surface area (Å²) in [5.74, 6) is 0.639. The minimum atomic E-state index is -0.154. The van der Waals surface area contributed by atoms with Gasteiger partial charge < -0.3 is 5.32 Å². The number of likely N-dealkylation sites (tertiary alicyclic amines) is 1. The van der Waals surface area contributed by atoms with Crippen LogP contribution in [0.4, 0.5) is 4.39 Å². The summed E-state index contributed by atoms with van der Waals surface area (Å²) in [6, 6.07) is 4.91. The molecular formula is C14H20BrFN2. The van der Waals surface area contributed by atoms with Crippen molar-refractivity contribution in [3.63, 3.8) is 0 Å². The maximum absolute atomic E-state index is 13.2. The molecule has 1 aromatic carbocycles. The van der Waals surface area contributed by atoms with Crippen LogP contribution in [0.5, 0.6) is 0 Å². The lowest BCUT2D eigenvalue weighted by Crippen LogP contribution is -2.36. The van der Waals surface area contributed by atoms with Gasteiger partial charge >= 0.3 is 0 Å². The molecule has 0 spiro atoms. The first-order valence-electron chi connectivity index (χ1n) is 6.50. The lowest BCUT2D eigenvalue weighted by atomic mass is 9.96. The van der Waals surface area contributed by atoms with E-state index in [1.807, 2.05) is 7.05 Å². The first kappa shape index (κ1) is 14.0. The van der Waals surface area contributed by atoms with Crippen LogP contribution in [0, 0.1) is 11.7 Å². The van der Waals surface area contributed by atoms with Gasteiger partial charge in [-0.3, -0.25) is 4.90 Å². The summed E-state index contributed by atoms with van der Waals surface area (Å²) in [4.78, 5) is 2.41. The Bertz CT molecular complexity index is 389. The summed E-state index contributed by atoms with van der Waals surface area (Å²) in [5, 5.41) is 3.24. The van der Waals surface area contributed by atoms with Crippen molar-refractivity contribution in [2.75, 3.05) is 26.7 Å². The molecule has 0 unspecified atom stereocenters. The molecule has 0 amide bonds. The Kier molecular flexibility index (Phi) is 5.15. The standard InChI is InChI=1S/C14H20BrFN2/c1-17-9-11-4-6-18(7-5-11)10-12-8-13(16)2-3-14(12)15/h2-3,8,11,17H,4-7,9-10H2,1H3. The highest BCUT2D eigenvalue weighted by atomic mass is 79.9. The SMILES string of the molecule is CNCC1CCN(Cc2cc(F)ccc2Br)CC1. The predicted octanol–water partition coefficient (Wildman–Crippen LogP) is 3.02. The summed E-state index contributed by atoms with van der Waals surface area (Å²) >= 11 is 3.49. The number of nitrogens with one attached hydrogen (secondary N) is 1. The van der Waals surface area contributed by atoms with E-state index < -0.39 is 0 Å².